The maximum absolute atomic E-state index is 9.39. The molecule has 0 aliphatic heterocycles. The van der Waals surface area contributed by atoms with Crippen LogP contribution in [0.1, 0.15) is 0 Å². The molecule has 6 nitrogen and oxygen atoms in total. The predicted molar refractivity (Wildman–Crippen MR) is 39.3 cm³/mol. The summed E-state index contributed by atoms with van der Waals surface area (Å²) in [6, 6.07) is 0. The van der Waals surface area contributed by atoms with Crippen molar-refractivity contribution in [3.8, 4) is 0 Å². The average Bonchev–Trinajstić information content (AvgIpc) is 1.62. The van der Waals surface area contributed by atoms with Gasteiger partial charge in [-0.05, 0) is 0 Å². The fourth-order valence-corrected chi connectivity index (χ4v) is 0.538. The van der Waals surface area contributed by atoms with Gasteiger partial charge in [0.25, 0.3) is 0 Å². The van der Waals surface area contributed by atoms with E-state index in [1.807, 2.05) is 0 Å². The van der Waals surface area contributed by atoms with Crippen LogP contribution in [0.2, 0.25) is 0 Å². The first-order valence-corrected chi connectivity index (χ1v) is 4.06. The molecule has 0 fully saturated rings. The number of aliphatic hydroxyl groups is 1. The predicted octanol–water partition coefficient (Wildman–Crippen LogP) is 0.607. The maximum atomic E-state index is 9.39. The maximum Gasteiger partial charge on any atom is 0.745 e. The fourth-order valence-electron chi connectivity index (χ4n) is 0.0598. The van der Waals surface area contributed by atoms with E-state index in [-0.39, 0.29) is 46.3 Å². The smallest absolute Gasteiger partial charge is 0.516 e. The van der Waals surface area contributed by atoms with Crippen LogP contribution in [0.4, 0.5) is 0 Å². The van der Waals surface area contributed by atoms with E-state index >= 15 is 0 Å². The molecule has 0 saturated carbocycles. The molecule has 0 aromatic rings. The summed E-state index contributed by atoms with van der Waals surface area (Å²) in [5.74, 6) is 0. The Kier molecular flexibility index (Phi) is 34.8. The minimum atomic E-state index is -2.92. The molecule has 0 aliphatic carbocycles. The summed E-state index contributed by atoms with van der Waals surface area (Å²) in [6.45, 7) is 2.92. The zero-order valence-corrected chi connectivity index (χ0v) is 10.9. The Morgan fingerprint density at radius 2 is 1.42 bits per heavy atom. The van der Waals surface area contributed by atoms with Crippen LogP contribution in [0.3, 0.4) is 0 Å². The second-order valence-electron chi connectivity index (χ2n) is 0.740. The Bertz CT molecular complexity index is 130. The van der Waals surface area contributed by atoms with E-state index in [4.69, 9.17) is 14.9 Å². The van der Waals surface area contributed by atoms with Gasteiger partial charge in [-0.3, -0.25) is 0 Å². The van der Waals surface area contributed by atoms with Crippen LogP contribution in [-0.4, -0.2) is 44.5 Å². The largest absolute Gasteiger partial charge is 0.745 e. The number of hydrogen-bond donors (Lipinski definition) is 3. The fraction of sp³-hybridized carbons (Fsp3) is 0. The zero-order chi connectivity index (χ0) is 8.57. The topological polar surface area (TPSA) is 104 Å². The summed E-state index contributed by atoms with van der Waals surface area (Å²) in [4.78, 5) is 15.3. The Morgan fingerprint density at radius 3 is 1.42 bits per heavy atom. The van der Waals surface area contributed by atoms with Crippen LogP contribution in [0.15, 0.2) is 12.8 Å². The van der Waals surface area contributed by atoms with Gasteiger partial charge in [0, 0.05) is 55.5 Å². The molecule has 3 N–H and O–H groups in total. The second-order valence-corrected chi connectivity index (χ2v) is 2.34. The van der Waals surface area contributed by atoms with E-state index in [9.17, 15) is 9.13 Å². The van der Waals surface area contributed by atoms with Crippen LogP contribution in [-0.2, 0) is 30.2 Å². The second kappa shape index (κ2) is 18.0. The molecule has 0 amide bonds. The molecule has 0 aromatic heterocycles. The normalized spacial score (nSPS) is 8.83. The molecule has 0 heterocycles. The van der Waals surface area contributed by atoms with Crippen LogP contribution in [0.5, 0.6) is 0 Å². The van der Waals surface area contributed by atoms with Crippen LogP contribution in [0, 0.1) is 0 Å². The van der Waals surface area contributed by atoms with E-state index in [1.165, 1.54) is 0 Å². The Balaban J connectivity index is -0.0000000569. The van der Waals surface area contributed by atoms with Crippen molar-refractivity contribution in [2.75, 3.05) is 0 Å². The Hall–Kier alpha value is 1.13. The van der Waals surface area contributed by atoms with Crippen molar-refractivity contribution >= 4 is 46.1 Å². The van der Waals surface area contributed by atoms with E-state index in [1.54, 1.807) is 0 Å². The third-order valence-corrected chi connectivity index (χ3v) is 1.26. The minimum Gasteiger partial charge on any atom is -0.516 e. The summed E-state index contributed by atoms with van der Waals surface area (Å²) in [7, 11) is -5.85. The molecule has 2 radical (unpaired) electrons. The molecule has 12 heavy (non-hydrogen) atoms. The number of aliphatic hydroxyl groups excluding tert-OH is 1. The average molecular weight is 270 g/mol. The molecule has 2 unspecified atom stereocenters. The van der Waals surface area contributed by atoms with Gasteiger partial charge in [0.15, 0.2) is 4.31 Å². The van der Waals surface area contributed by atoms with Gasteiger partial charge in [0.1, 0.15) is 0 Å². The zero-order valence-electron chi connectivity index (χ0n) is 6.08. The summed E-state index contributed by atoms with van der Waals surface area (Å²) < 4.78 is 22.2. The molecule has 0 spiro atoms. The molecule has 0 rings (SSSR count). The van der Waals surface area contributed by atoms with Crippen molar-refractivity contribution in [2.45, 2.75) is 0 Å². The van der Waals surface area contributed by atoms with Crippen LogP contribution < -0.4 is 0 Å². The summed E-state index contributed by atoms with van der Waals surface area (Å²) in [6.07, 6.45) is 0.750. The van der Waals surface area contributed by atoms with Gasteiger partial charge >= 0.3 is 16.5 Å². The molecule has 2 atom stereocenters. The van der Waals surface area contributed by atoms with Crippen LogP contribution >= 0.6 is 16.5 Å². The first kappa shape index (κ1) is 23.2. The Labute approximate surface area is 103 Å². The van der Waals surface area contributed by atoms with Gasteiger partial charge in [0.05, 0.1) is 6.26 Å². The van der Waals surface area contributed by atoms with Gasteiger partial charge in [-0.25, -0.2) is 0 Å². The summed E-state index contributed by atoms with van der Waals surface area (Å²) in [5.41, 5.74) is 0. The quantitative estimate of drug-likeness (QED) is 0.385. The van der Waals surface area contributed by atoms with Crippen LogP contribution in [0.25, 0.3) is 0 Å². The van der Waals surface area contributed by atoms with Gasteiger partial charge in [-0.15, -0.1) is 9.79 Å². The molecule has 0 saturated heterocycles. The number of hydrogen-bond acceptors (Lipinski definition) is 4. The van der Waals surface area contributed by atoms with Crippen molar-refractivity contribution in [1.29, 1.82) is 0 Å². The first-order chi connectivity index (χ1) is 4.54. The Morgan fingerprint density at radius 1 is 1.25 bits per heavy atom. The first-order valence-electron chi connectivity index (χ1n) is 1.80. The van der Waals surface area contributed by atoms with Gasteiger partial charge < -0.3 is 5.11 Å². The van der Waals surface area contributed by atoms with E-state index in [0.29, 0.717) is 0 Å². The van der Waals surface area contributed by atoms with Crippen molar-refractivity contribution in [3.63, 3.8) is 0 Å². The minimum absolute atomic E-state index is 0. The molecule has 0 bridgehead atoms. The number of rotatable bonds is 2. The van der Waals surface area contributed by atoms with Crippen molar-refractivity contribution in [1.82, 2.24) is 0 Å². The third-order valence-electron chi connectivity index (χ3n) is 0.140. The summed E-state index contributed by atoms with van der Waals surface area (Å²) >= 11 is 0. The molecule has 10 heteroatoms. The van der Waals surface area contributed by atoms with E-state index in [2.05, 4.69) is 10.9 Å². The molecule has 0 aliphatic rings. The monoisotopic (exact) mass is 270 g/mol. The molecule has 68 valence electrons. The molecule has 0 aromatic carbocycles. The van der Waals surface area contributed by atoms with Crippen molar-refractivity contribution in [3.05, 3.63) is 12.8 Å². The van der Waals surface area contributed by atoms with Gasteiger partial charge in [0.2, 0.25) is 0 Å². The van der Waals surface area contributed by atoms with Gasteiger partial charge in [-0.1, -0.05) is 6.58 Å². The summed E-state index contributed by atoms with van der Waals surface area (Å²) in [5, 5.41) is 7.33. The SMILES string of the molecule is C=CO.O=[P+](O)O[P+](=O)O.[Co].[Na]. The molecular weight excluding hydrogens is 264 g/mol. The third kappa shape index (κ3) is 43.4. The van der Waals surface area contributed by atoms with Crippen molar-refractivity contribution in [2.24, 2.45) is 0 Å². The van der Waals surface area contributed by atoms with Gasteiger partial charge in [-0.2, -0.15) is 0 Å². The standard InChI is InChI=1S/C2H4O.Co.Na.O5P2/c1-2-3;;;1-6(2)5-7(3)4/h2-3H,1H2;;;/p+2. The van der Waals surface area contributed by atoms with E-state index in [0.717, 1.165) is 6.26 Å². The van der Waals surface area contributed by atoms with Crippen molar-refractivity contribution < 1.29 is 45.1 Å². The molecular formula is C2H6CoNaO6P2+2. The van der Waals surface area contributed by atoms with E-state index < -0.39 is 16.5 Å².